The van der Waals surface area contributed by atoms with E-state index >= 15 is 0 Å². The number of nitrogens with zero attached hydrogens (tertiary/aromatic N) is 1. The molecule has 2 aromatic rings. The number of nitrogens with one attached hydrogen (secondary N) is 1. The van der Waals surface area contributed by atoms with E-state index in [1.807, 2.05) is 0 Å². The molecule has 4 nitrogen and oxygen atoms in total. The Labute approximate surface area is 101 Å². The zero-order valence-corrected chi connectivity index (χ0v) is 9.46. The van der Waals surface area contributed by atoms with E-state index in [4.69, 9.17) is 17.3 Å². The van der Waals surface area contributed by atoms with E-state index in [0.717, 1.165) is 0 Å². The summed E-state index contributed by atoms with van der Waals surface area (Å²) in [5.41, 5.74) is 5.30. The van der Waals surface area contributed by atoms with Crippen LogP contribution in [0.5, 0.6) is 0 Å². The summed E-state index contributed by atoms with van der Waals surface area (Å²) in [4.78, 5) is 17.6. The number of nitrogens with two attached hydrogens (primary N) is 1. The average molecular weight is 254 g/mol. The molecule has 1 heterocycles. The molecule has 1 aromatic heterocycles. The second-order valence-corrected chi connectivity index (χ2v) is 3.91. The Balaban J connectivity index is 2.35. The molecule has 0 bridgehead atoms. The Morgan fingerprint density at radius 3 is 2.94 bits per heavy atom. The molecular weight excluding hydrogens is 245 g/mol. The zero-order chi connectivity index (χ0) is 12.4. The Kier molecular flexibility index (Phi) is 3.10. The summed E-state index contributed by atoms with van der Waals surface area (Å²) >= 11 is 5.65. The summed E-state index contributed by atoms with van der Waals surface area (Å²) in [6, 6.07) is 4.67. The molecule has 17 heavy (non-hydrogen) atoms. The monoisotopic (exact) mass is 253 g/mol. The maximum atomic E-state index is 13.6. The molecule has 0 saturated heterocycles. The van der Waals surface area contributed by atoms with Crippen molar-refractivity contribution < 1.29 is 4.39 Å². The van der Waals surface area contributed by atoms with Gasteiger partial charge in [-0.05, 0) is 11.6 Å². The van der Waals surface area contributed by atoms with Gasteiger partial charge in [-0.3, -0.25) is 4.79 Å². The lowest BCUT2D eigenvalue weighted by molar-refractivity contribution is 0.612. The average Bonchev–Trinajstić information content (AvgIpc) is 2.30. The Morgan fingerprint density at radius 1 is 1.47 bits per heavy atom. The fraction of sp³-hybridized carbons (Fsp3) is 0.0909. The van der Waals surface area contributed by atoms with Crippen molar-refractivity contribution in [1.29, 1.82) is 0 Å². The van der Waals surface area contributed by atoms with Crippen LogP contribution in [0.2, 0.25) is 5.02 Å². The van der Waals surface area contributed by atoms with Gasteiger partial charge in [-0.15, -0.1) is 0 Å². The lowest BCUT2D eigenvalue weighted by Gasteiger charge is -2.04. The minimum atomic E-state index is -0.506. The molecule has 0 amide bonds. The van der Waals surface area contributed by atoms with Crippen molar-refractivity contribution in [2.24, 2.45) is 0 Å². The molecule has 0 radical (unpaired) electrons. The van der Waals surface area contributed by atoms with Gasteiger partial charge in [0.25, 0.3) is 5.56 Å². The molecule has 6 heteroatoms. The van der Waals surface area contributed by atoms with Crippen LogP contribution in [0.25, 0.3) is 0 Å². The third-order valence-corrected chi connectivity index (χ3v) is 2.56. The maximum Gasteiger partial charge on any atom is 0.274 e. The smallest absolute Gasteiger partial charge is 0.274 e. The fourth-order valence-corrected chi connectivity index (χ4v) is 1.59. The van der Waals surface area contributed by atoms with Crippen molar-refractivity contribution >= 4 is 17.3 Å². The lowest BCUT2D eigenvalue weighted by Crippen LogP contribution is -2.15. The summed E-state index contributed by atoms with van der Waals surface area (Å²) in [6.07, 6.45) is 1.40. The molecular formula is C11H9ClFN3O. The first-order chi connectivity index (χ1) is 8.08. The standard InChI is InChI=1S/C11H9ClFN3O/c12-7-3-1-2-6(10(7)13)4-9-15-5-8(14)11(17)16-9/h1-3,5H,4,14H2,(H,15,16,17). The van der Waals surface area contributed by atoms with Crippen LogP contribution in [-0.2, 0) is 6.42 Å². The quantitative estimate of drug-likeness (QED) is 0.856. The van der Waals surface area contributed by atoms with E-state index in [-0.39, 0.29) is 17.1 Å². The van der Waals surface area contributed by atoms with Crippen LogP contribution in [0.4, 0.5) is 10.1 Å². The minimum Gasteiger partial charge on any atom is -0.393 e. The number of aromatic nitrogens is 2. The van der Waals surface area contributed by atoms with Gasteiger partial charge in [0.2, 0.25) is 0 Å². The van der Waals surface area contributed by atoms with Gasteiger partial charge in [-0.2, -0.15) is 0 Å². The summed E-state index contributed by atoms with van der Waals surface area (Å²) in [6.45, 7) is 0. The molecule has 0 unspecified atom stereocenters. The van der Waals surface area contributed by atoms with Crippen LogP contribution in [-0.4, -0.2) is 9.97 Å². The predicted molar refractivity (Wildman–Crippen MR) is 63.5 cm³/mol. The van der Waals surface area contributed by atoms with E-state index in [9.17, 15) is 9.18 Å². The topological polar surface area (TPSA) is 71.8 Å². The number of nitrogen functional groups attached to an aromatic ring is 1. The SMILES string of the molecule is Nc1cnc(Cc2cccc(Cl)c2F)[nH]c1=O. The van der Waals surface area contributed by atoms with Crippen LogP contribution in [0.1, 0.15) is 11.4 Å². The number of aromatic amines is 1. The molecule has 0 fully saturated rings. The van der Waals surface area contributed by atoms with Crippen molar-refractivity contribution in [3.8, 4) is 0 Å². The molecule has 0 aliphatic rings. The maximum absolute atomic E-state index is 13.6. The summed E-state index contributed by atoms with van der Waals surface area (Å²) < 4.78 is 13.6. The molecule has 0 aliphatic carbocycles. The number of anilines is 1. The summed E-state index contributed by atoms with van der Waals surface area (Å²) in [5, 5.41) is 0.0419. The van der Waals surface area contributed by atoms with Crippen LogP contribution >= 0.6 is 11.6 Å². The first kappa shape index (κ1) is 11.6. The van der Waals surface area contributed by atoms with Gasteiger partial charge >= 0.3 is 0 Å². The molecule has 0 saturated carbocycles. The first-order valence-corrected chi connectivity index (χ1v) is 5.22. The van der Waals surface area contributed by atoms with Gasteiger partial charge in [-0.1, -0.05) is 23.7 Å². The van der Waals surface area contributed by atoms with Crippen LogP contribution in [0.15, 0.2) is 29.2 Å². The van der Waals surface area contributed by atoms with Crippen molar-refractivity contribution in [3.63, 3.8) is 0 Å². The fourth-order valence-electron chi connectivity index (χ4n) is 1.40. The third kappa shape index (κ3) is 2.45. The van der Waals surface area contributed by atoms with E-state index in [0.29, 0.717) is 11.4 Å². The second-order valence-electron chi connectivity index (χ2n) is 3.50. The molecule has 2 rings (SSSR count). The molecule has 1 aromatic carbocycles. The summed E-state index contributed by atoms with van der Waals surface area (Å²) in [5.74, 6) is -0.168. The Bertz CT molecular complexity index is 612. The highest BCUT2D eigenvalue weighted by molar-refractivity contribution is 6.30. The minimum absolute atomic E-state index is 0.0281. The highest BCUT2D eigenvalue weighted by Crippen LogP contribution is 2.19. The van der Waals surface area contributed by atoms with Gasteiger partial charge in [0, 0.05) is 6.42 Å². The number of hydrogen-bond donors (Lipinski definition) is 2. The van der Waals surface area contributed by atoms with E-state index in [2.05, 4.69) is 9.97 Å². The molecule has 0 aliphatic heterocycles. The van der Waals surface area contributed by atoms with Crippen molar-refractivity contribution in [1.82, 2.24) is 9.97 Å². The van der Waals surface area contributed by atoms with Crippen LogP contribution in [0, 0.1) is 5.82 Å². The van der Waals surface area contributed by atoms with Crippen molar-refractivity contribution in [2.75, 3.05) is 5.73 Å². The van der Waals surface area contributed by atoms with Crippen LogP contribution < -0.4 is 11.3 Å². The molecule has 3 N–H and O–H groups in total. The number of halogens is 2. The van der Waals surface area contributed by atoms with Gasteiger partial charge in [-0.25, -0.2) is 9.37 Å². The molecule has 88 valence electrons. The third-order valence-electron chi connectivity index (χ3n) is 2.27. The Hall–Kier alpha value is -1.88. The summed E-state index contributed by atoms with van der Waals surface area (Å²) in [7, 11) is 0. The van der Waals surface area contributed by atoms with Gasteiger partial charge in [0.1, 0.15) is 17.3 Å². The molecule has 0 spiro atoms. The highest BCUT2D eigenvalue weighted by Gasteiger charge is 2.08. The van der Waals surface area contributed by atoms with Crippen molar-refractivity contribution in [2.45, 2.75) is 6.42 Å². The highest BCUT2D eigenvalue weighted by atomic mass is 35.5. The van der Waals surface area contributed by atoms with Gasteiger partial charge in [0.15, 0.2) is 0 Å². The zero-order valence-electron chi connectivity index (χ0n) is 8.71. The lowest BCUT2D eigenvalue weighted by atomic mass is 10.1. The number of benzene rings is 1. The number of hydrogen-bond acceptors (Lipinski definition) is 3. The largest absolute Gasteiger partial charge is 0.393 e. The van der Waals surface area contributed by atoms with Crippen molar-refractivity contribution in [3.05, 3.63) is 57.0 Å². The predicted octanol–water partition coefficient (Wildman–Crippen LogP) is 1.74. The first-order valence-electron chi connectivity index (χ1n) is 4.84. The van der Waals surface area contributed by atoms with Gasteiger partial charge < -0.3 is 10.7 Å². The number of rotatable bonds is 2. The van der Waals surface area contributed by atoms with E-state index < -0.39 is 11.4 Å². The van der Waals surface area contributed by atoms with Gasteiger partial charge in [0.05, 0.1) is 11.2 Å². The normalized spacial score (nSPS) is 10.5. The second kappa shape index (κ2) is 4.55. The number of H-pyrrole nitrogens is 1. The van der Waals surface area contributed by atoms with E-state index in [1.165, 1.54) is 12.3 Å². The van der Waals surface area contributed by atoms with Crippen LogP contribution in [0.3, 0.4) is 0 Å². The molecule has 0 atom stereocenters. The Morgan fingerprint density at radius 2 is 2.24 bits per heavy atom. The van der Waals surface area contributed by atoms with E-state index in [1.54, 1.807) is 12.1 Å².